The van der Waals surface area contributed by atoms with E-state index in [1.54, 1.807) is 0 Å². The molecule has 0 saturated heterocycles. The number of allylic oxidation sites excluding steroid dienone is 2. The molecule has 0 aromatic heterocycles. The predicted octanol–water partition coefficient (Wildman–Crippen LogP) is 1.99. The van der Waals surface area contributed by atoms with Crippen LogP contribution in [-0.4, -0.2) is 6.04 Å². The van der Waals surface area contributed by atoms with Crippen molar-refractivity contribution in [2.45, 2.75) is 19.4 Å². The van der Waals surface area contributed by atoms with Crippen molar-refractivity contribution in [3.63, 3.8) is 0 Å². The van der Waals surface area contributed by atoms with E-state index in [-0.39, 0.29) is 0 Å². The van der Waals surface area contributed by atoms with E-state index in [0.717, 1.165) is 12.1 Å². The lowest BCUT2D eigenvalue weighted by Gasteiger charge is -2.02. The Labute approximate surface area is 62.1 Å². The third-order valence-electron chi connectivity index (χ3n) is 1.72. The summed E-state index contributed by atoms with van der Waals surface area (Å²) in [5, 5.41) is 3.29. The molecule has 10 heavy (non-hydrogen) atoms. The van der Waals surface area contributed by atoms with E-state index in [1.165, 1.54) is 5.57 Å². The summed E-state index contributed by atoms with van der Waals surface area (Å²) in [5.74, 6) is 0. The average Bonchev–Trinajstić information content (AvgIpc) is 2.30. The van der Waals surface area contributed by atoms with E-state index in [4.69, 9.17) is 0 Å². The molecule has 1 aliphatic rings. The molecule has 1 nitrogen and oxygen atoms in total. The molecule has 0 fully saturated rings. The highest BCUT2D eigenvalue weighted by atomic mass is 14.9. The fraction of sp³-hybridized carbons (Fsp3) is 0.333. The molecule has 1 unspecified atom stereocenters. The quantitative estimate of drug-likeness (QED) is 0.610. The number of hydrogen-bond acceptors (Lipinski definition) is 1. The van der Waals surface area contributed by atoms with Crippen molar-refractivity contribution in [3.8, 4) is 0 Å². The Morgan fingerprint density at radius 1 is 1.50 bits per heavy atom. The van der Waals surface area contributed by atoms with Gasteiger partial charge in [-0.05, 0) is 25.0 Å². The van der Waals surface area contributed by atoms with Crippen LogP contribution in [0, 0.1) is 0 Å². The van der Waals surface area contributed by atoms with Gasteiger partial charge < -0.3 is 5.32 Å². The molecule has 1 rings (SSSR count). The molecule has 0 aromatic rings. The topological polar surface area (TPSA) is 12.0 Å². The Morgan fingerprint density at radius 3 is 2.60 bits per heavy atom. The van der Waals surface area contributed by atoms with Gasteiger partial charge in [-0.15, -0.1) is 0 Å². The van der Waals surface area contributed by atoms with Crippen molar-refractivity contribution in [1.29, 1.82) is 0 Å². The monoisotopic (exact) mass is 135 g/mol. The van der Waals surface area contributed by atoms with Crippen LogP contribution in [0.2, 0.25) is 0 Å². The maximum atomic E-state index is 3.73. The SMILES string of the molecule is C=CC1=C(C=C)NC(C)C1. The van der Waals surface area contributed by atoms with Gasteiger partial charge in [0.15, 0.2) is 0 Å². The largest absolute Gasteiger partial charge is 0.382 e. The van der Waals surface area contributed by atoms with Crippen LogP contribution in [0.4, 0.5) is 0 Å². The highest BCUT2D eigenvalue weighted by molar-refractivity contribution is 5.34. The molecule has 0 spiro atoms. The average molecular weight is 135 g/mol. The van der Waals surface area contributed by atoms with Crippen LogP contribution in [0.15, 0.2) is 36.6 Å². The Hall–Kier alpha value is -0.980. The lowest BCUT2D eigenvalue weighted by atomic mass is 10.1. The normalized spacial score (nSPS) is 24.3. The van der Waals surface area contributed by atoms with Crippen LogP contribution in [0.25, 0.3) is 0 Å². The first kappa shape index (κ1) is 7.13. The maximum absolute atomic E-state index is 3.73. The van der Waals surface area contributed by atoms with E-state index in [0.29, 0.717) is 6.04 Å². The molecular weight excluding hydrogens is 122 g/mol. The van der Waals surface area contributed by atoms with E-state index < -0.39 is 0 Å². The third kappa shape index (κ3) is 1.13. The van der Waals surface area contributed by atoms with E-state index in [2.05, 4.69) is 25.4 Å². The maximum Gasteiger partial charge on any atom is 0.0369 e. The molecule has 1 aliphatic heterocycles. The number of nitrogens with one attached hydrogen (secondary N) is 1. The summed E-state index contributed by atoms with van der Waals surface area (Å²) in [6.45, 7) is 9.59. The Balaban J connectivity index is 2.80. The van der Waals surface area contributed by atoms with Crippen LogP contribution in [-0.2, 0) is 0 Å². The lowest BCUT2D eigenvalue weighted by Crippen LogP contribution is -2.16. The van der Waals surface area contributed by atoms with Crippen molar-refractivity contribution in [3.05, 3.63) is 36.6 Å². The van der Waals surface area contributed by atoms with Crippen LogP contribution in [0.5, 0.6) is 0 Å². The second-order valence-electron chi connectivity index (χ2n) is 2.60. The number of rotatable bonds is 2. The standard InChI is InChI=1S/C9H13N/c1-4-8-6-7(3)10-9(8)5-2/h4-5,7,10H,1-2,6H2,3H3. The van der Waals surface area contributed by atoms with E-state index in [1.807, 2.05) is 12.2 Å². The summed E-state index contributed by atoms with van der Waals surface area (Å²) in [5.41, 5.74) is 2.42. The van der Waals surface area contributed by atoms with Gasteiger partial charge in [-0.3, -0.25) is 0 Å². The fourth-order valence-corrected chi connectivity index (χ4v) is 1.23. The van der Waals surface area contributed by atoms with Crippen LogP contribution in [0.3, 0.4) is 0 Å². The van der Waals surface area contributed by atoms with Crippen molar-refractivity contribution >= 4 is 0 Å². The van der Waals surface area contributed by atoms with Gasteiger partial charge in [0.1, 0.15) is 0 Å². The van der Waals surface area contributed by atoms with Gasteiger partial charge in [0.25, 0.3) is 0 Å². The first-order valence-corrected chi connectivity index (χ1v) is 3.52. The minimum atomic E-state index is 0.543. The molecule has 1 heterocycles. The molecule has 54 valence electrons. The summed E-state index contributed by atoms with van der Waals surface area (Å²) in [6.07, 6.45) is 4.82. The fourth-order valence-electron chi connectivity index (χ4n) is 1.23. The molecule has 0 radical (unpaired) electrons. The summed E-state index contributed by atoms with van der Waals surface area (Å²) in [7, 11) is 0. The number of hydrogen-bond donors (Lipinski definition) is 1. The zero-order valence-electron chi connectivity index (χ0n) is 6.35. The van der Waals surface area contributed by atoms with E-state index in [9.17, 15) is 0 Å². The zero-order chi connectivity index (χ0) is 7.56. The smallest absolute Gasteiger partial charge is 0.0369 e. The summed E-state index contributed by atoms with van der Waals surface area (Å²) in [6, 6.07) is 0.543. The van der Waals surface area contributed by atoms with Gasteiger partial charge in [-0.25, -0.2) is 0 Å². The first-order valence-electron chi connectivity index (χ1n) is 3.52. The molecule has 1 heteroatoms. The van der Waals surface area contributed by atoms with E-state index >= 15 is 0 Å². The molecule has 0 amide bonds. The predicted molar refractivity (Wildman–Crippen MR) is 44.6 cm³/mol. The first-order chi connectivity index (χ1) is 4.77. The van der Waals surface area contributed by atoms with Gasteiger partial charge >= 0.3 is 0 Å². The summed E-state index contributed by atoms with van der Waals surface area (Å²) in [4.78, 5) is 0. The van der Waals surface area contributed by atoms with Gasteiger partial charge in [0.2, 0.25) is 0 Å². The van der Waals surface area contributed by atoms with Crippen molar-refractivity contribution in [2.24, 2.45) is 0 Å². The van der Waals surface area contributed by atoms with Crippen molar-refractivity contribution in [1.82, 2.24) is 5.32 Å². The molecule has 0 aromatic carbocycles. The minimum Gasteiger partial charge on any atom is -0.382 e. The molecule has 1 atom stereocenters. The molecule has 1 N–H and O–H groups in total. The molecule has 0 aliphatic carbocycles. The van der Waals surface area contributed by atoms with Crippen LogP contribution in [0.1, 0.15) is 13.3 Å². The Kier molecular flexibility index (Phi) is 1.95. The van der Waals surface area contributed by atoms with Gasteiger partial charge in [-0.2, -0.15) is 0 Å². The zero-order valence-corrected chi connectivity index (χ0v) is 6.35. The van der Waals surface area contributed by atoms with Crippen molar-refractivity contribution < 1.29 is 0 Å². The van der Waals surface area contributed by atoms with Gasteiger partial charge in [0.05, 0.1) is 0 Å². The molecule has 0 saturated carbocycles. The second kappa shape index (κ2) is 2.74. The van der Waals surface area contributed by atoms with Gasteiger partial charge in [-0.1, -0.05) is 19.2 Å². The second-order valence-corrected chi connectivity index (χ2v) is 2.60. The molecule has 0 bridgehead atoms. The highest BCUT2D eigenvalue weighted by Crippen LogP contribution is 2.19. The Morgan fingerprint density at radius 2 is 2.20 bits per heavy atom. The summed E-state index contributed by atoms with van der Waals surface area (Å²) >= 11 is 0. The van der Waals surface area contributed by atoms with Gasteiger partial charge in [0, 0.05) is 11.7 Å². The lowest BCUT2D eigenvalue weighted by molar-refractivity contribution is 0.675. The Bertz CT molecular complexity index is 169. The van der Waals surface area contributed by atoms with Crippen molar-refractivity contribution in [2.75, 3.05) is 0 Å². The van der Waals surface area contributed by atoms with Crippen LogP contribution < -0.4 is 5.32 Å². The third-order valence-corrected chi connectivity index (χ3v) is 1.72. The summed E-state index contributed by atoms with van der Waals surface area (Å²) < 4.78 is 0. The van der Waals surface area contributed by atoms with Crippen LogP contribution >= 0.6 is 0 Å². The highest BCUT2D eigenvalue weighted by Gasteiger charge is 2.14. The molecular formula is C9H13N. The minimum absolute atomic E-state index is 0.543.